The Morgan fingerprint density at radius 1 is 1.00 bits per heavy atom. The van der Waals surface area contributed by atoms with Gasteiger partial charge in [0.05, 0.1) is 17.1 Å². The largest absolute Gasteiger partial charge is 0.385 e. The highest BCUT2D eigenvalue weighted by atomic mass is 32.2. The molecule has 0 aromatic heterocycles. The molecule has 0 bridgehead atoms. The van der Waals surface area contributed by atoms with E-state index in [1.165, 1.54) is 6.42 Å². The van der Waals surface area contributed by atoms with Crippen molar-refractivity contribution in [3.63, 3.8) is 0 Å². The Labute approximate surface area is 162 Å². The minimum atomic E-state index is -3.82. The van der Waals surface area contributed by atoms with E-state index < -0.39 is 15.7 Å². The fourth-order valence-corrected chi connectivity index (χ4v) is 4.88. The lowest BCUT2D eigenvalue weighted by atomic mass is 9.72. The Morgan fingerprint density at radius 2 is 1.63 bits per heavy atom. The van der Waals surface area contributed by atoms with Crippen molar-refractivity contribution in [2.24, 2.45) is 5.92 Å². The van der Waals surface area contributed by atoms with Crippen LogP contribution in [-0.2, 0) is 19.9 Å². The summed E-state index contributed by atoms with van der Waals surface area (Å²) in [5.41, 5.74) is 0.766. The van der Waals surface area contributed by atoms with Crippen molar-refractivity contribution in [2.45, 2.75) is 55.9 Å². The molecule has 0 unspecified atom stereocenters. The van der Waals surface area contributed by atoms with Crippen LogP contribution in [0, 0.1) is 12.8 Å². The molecule has 1 saturated carbocycles. The molecule has 0 saturated heterocycles. The van der Waals surface area contributed by atoms with E-state index in [1.54, 1.807) is 24.3 Å². The monoisotopic (exact) mass is 388 g/mol. The highest BCUT2D eigenvalue weighted by Crippen LogP contribution is 2.41. The number of rotatable bonds is 7. The summed E-state index contributed by atoms with van der Waals surface area (Å²) in [7, 11) is -3.82. The number of benzene rings is 2. The van der Waals surface area contributed by atoms with E-state index >= 15 is 0 Å². The molecular formula is C22H28O4S. The Morgan fingerprint density at radius 3 is 2.26 bits per heavy atom. The molecule has 27 heavy (non-hydrogen) atoms. The minimum absolute atomic E-state index is 0.0435. The first-order valence-corrected chi connectivity index (χ1v) is 11.1. The fraction of sp³-hybridized carbons (Fsp3) is 0.455. The highest BCUT2D eigenvalue weighted by molar-refractivity contribution is 7.86. The third-order valence-corrected chi connectivity index (χ3v) is 6.91. The van der Waals surface area contributed by atoms with Crippen molar-refractivity contribution in [1.82, 2.24) is 0 Å². The van der Waals surface area contributed by atoms with Crippen LogP contribution in [0.25, 0.3) is 0 Å². The van der Waals surface area contributed by atoms with Crippen molar-refractivity contribution in [1.29, 1.82) is 0 Å². The maximum absolute atomic E-state index is 12.4. The van der Waals surface area contributed by atoms with Gasteiger partial charge in [-0.25, -0.2) is 0 Å². The first kappa shape index (κ1) is 20.1. The smallest absolute Gasteiger partial charge is 0.296 e. The predicted molar refractivity (Wildman–Crippen MR) is 106 cm³/mol. The van der Waals surface area contributed by atoms with Gasteiger partial charge in [-0.05, 0) is 43.4 Å². The number of hydrogen-bond donors (Lipinski definition) is 1. The lowest BCUT2D eigenvalue weighted by Gasteiger charge is -2.39. The van der Waals surface area contributed by atoms with Gasteiger partial charge < -0.3 is 5.11 Å². The quantitative estimate of drug-likeness (QED) is 0.706. The maximum Gasteiger partial charge on any atom is 0.296 e. The van der Waals surface area contributed by atoms with Crippen LogP contribution in [0.15, 0.2) is 59.5 Å². The summed E-state index contributed by atoms with van der Waals surface area (Å²) in [5.74, 6) is 0.124. The maximum atomic E-state index is 12.4. The molecule has 1 fully saturated rings. The first-order chi connectivity index (χ1) is 12.9. The fourth-order valence-electron chi connectivity index (χ4n) is 3.97. The summed E-state index contributed by atoms with van der Waals surface area (Å²) in [6, 6.07) is 16.2. The molecule has 1 aliphatic carbocycles. The van der Waals surface area contributed by atoms with Gasteiger partial charge in [0.2, 0.25) is 0 Å². The van der Waals surface area contributed by atoms with Gasteiger partial charge >= 0.3 is 0 Å². The lowest BCUT2D eigenvalue weighted by molar-refractivity contribution is -0.0535. The van der Waals surface area contributed by atoms with Gasteiger partial charge in [0.1, 0.15) is 0 Å². The molecule has 146 valence electrons. The van der Waals surface area contributed by atoms with Gasteiger partial charge in [-0.3, -0.25) is 4.18 Å². The standard InChI is InChI=1S/C22H28O4S/c1-18-12-14-21(15-13-18)27(24,25)26-17-16-22(23,19-8-4-2-5-9-19)20-10-6-3-7-11-20/h2,4-5,8-9,12-15,20,23H,3,6-7,10-11,16-17H2,1H3/t22-/m1/s1. The zero-order chi connectivity index (χ0) is 19.3. The normalized spacial score (nSPS) is 18.1. The van der Waals surface area contributed by atoms with Crippen LogP contribution in [0.1, 0.15) is 49.7 Å². The van der Waals surface area contributed by atoms with E-state index in [0.29, 0.717) is 0 Å². The number of hydrogen-bond acceptors (Lipinski definition) is 4. The highest BCUT2D eigenvalue weighted by Gasteiger charge is 2.39. The molecule has 1 N–H and O–H groups in total. The van der Waals surface area contributed by atoms with Crippen molar-refractivity contribution < 1.29 is 17.7 Å². The molecule has 0 amide bonds. The molecule has 3 rings (SSSR count). The Kier molecular flexibility index (Phi) is 6.35. The molecule has 0 heterocycles. The van der Waals surface area contributed by atoms with Crippen LogP contribution in [0.5, 0.6) is 0 Å². The summed E-state index contributed by atoms with van der Waals surface area (Å²) in [4.78, 5) is 0.147. The van der Waals surface area contributed by atoms with Crippen LogP contribution < -0.4 is 0 Å². The molecule has 2 aromatic rings. The molecule has 1 aliphatic rings. The van der Waals surface area contributed by atoms with E-state index in [-0.39, 0.29) is 23.8 Å². The van der Waals surface area contributed by atoms with Gasteiger partial charge in [-0.2, -0.15) is 8.42 Å². The van der Waals surface area contributed by atoms with E-state index in [4.69, 9.17) is 4.18 Å². The Bertz CT molecular complexity index is 824. The molecule has 0 aliphatic heterocycles. The van der Waals surface area contributed by atoms with Crippen LogP contribution in [0.3, 0.4) is 0 Å². The van der Waals surface area contributed by atoms with Gasteiger partial charge in [0.25, 0.3) is 10.1 Å². The predicted octanol–water partition coefficient (Wildman–Crippen LogP) is 4.56. The van der Waals surface area contributed by atoms with Crippen molar-refractivity contribution in [3.8, 4) is 0 Å². The average Bonchev–Trinajstić information content (AvgIpc) is 2.69. The molecular weight excluding hydrogens is 360 g/mol. The van der Waals surface area contributed by atoms with Crippen molar-refractivity contribution in [2.75, 3.05) is 6.61 Å². The van der Waals surface area contributed by atoms with E-state index in [9.17, 15) is 13.5 Å². The lowest BCUT2D eigenvalue weighted by Crippen LogP contribution is -2.38. The second-order valence-electron chi connectivity index (χ2n) is 7.46. The molecule has 0 spiro atoms. The zero-order valence-electron chi connectivity index (χ0n) is 15.8. The average molecular weight is 389 g/mol. The third kappa shape index (κ3) is 4.78. The van der Waals surface area contributed by atoms with E-state index in [2.05, 4.69) is 0 Å². The summed E-state index contributed by atoms with van der Waals surface area (Å²) in [5, 5.41) is 11.5. The van der Waals surface area contributed by atoms with Gasteiger partial charge in [0.15, 0.2) is 0 Å². The topological polar surface area (TPSA) is 63.6 Å². The van der Waals surface area contributed by atoms with Crippen LogP contribution in [0.2, 0.25) is 0 Å². The summed E-state index contributed by atoms with van der Waals surface area (Å²) in [6.45, 7) is 1.86. The van der Waals surface area contributed by atoms with Crippen LogP contribution in [0.4, 0.5) is 0 Å². The Balaban J connectivity index is 1.74. The second-order valence-corrected chi connectivity index (χ2v) is 9.08. The van der Waals surface area contributed by atoms with Crippen molar-refractivity contribution >= 4 is 10.1 Å². The second kappa shape index (κ2) is 8.55. The molecule has 5 heteroatoms. The van der Waals surface area contributed by atoms with Gasteiger partial charge in [0, 0.05) is 6.42 Å². The van der Waals surface area contributed by atoms with Crippen LogP contribution in [-0.4, -0.2) is 20.1 Å². The SMILES string of the molecule is Cc1ccc(S(=O)(=O)OCC[C@@](O)(c2ccccc2)C2CCCCC2)cc1. The summed E-state index contributed by atoms with van der Waals surface area (Å²) < 4.78 is 30.2. The van der Waals surface area contributed by atoms with Crippen molar-refractivity contribution in [3.05, 3.63) is 65.7 Å². The number of aryl methyl sites for hydroxylation is 1. The molecule has 4 nitrogen and oxygen atoms in total. The van der Waals surface area contributed by atoms with E-state index in [0.717, 1.165) is 36.8 Å². The number of aliphatic hydroxyl groups is 1. The first-order valence-electron chi connectivity index (χ1n) is 9.66. The Hall–Kier alpha value is -1.69. The summed E-state index contributed by atoms with van der Waals surface area (Å²) >= 11 is 0. The van der Waals surface area contributed by atoms with Crippen LogP contribution >= 0.6 is 0 Å². The molecule has 0 radical (unpaired) electrons. The molecule has 2 aromatic carbocycles. The zero-order valence-corrected chi connectivity index (χ0v) is 16.6. The minimum Gasteiger partial charge on any atom is -0.385 e. The molecule has 1 atom stereocenters. The van der Waals surface area contributed by atoms with E-state index in [1.807, 2.05) is 37.3 Å². The summed E-state index contributed by atoms with van der Waals surface area (Å²) in [6.07, 6.45) is 5.56. The van der Waals surface area contributed by atoms with Gasteiger partial charge in [-0.15, -0.1) is 0 Å². The third-order valence-electron chi connectivity index (χ3n) is 5.59. The van der Waals surface area contributed by atoms with Gasteiger partial charge in [-0.1, -0.05) is 67.3 Å².